The molecule has 0 unspecified atom stereocenters. The molecular weight excluding hydrogens is 278 g/mol. The molecule has 22 heavy (non-hydrogen) atoms. The Labute approximate surface area is 130 Å². The quantitative estimate of drug-likeness (QED) is 0.682. The van der Waals surface area contributed by atoms with Crippen LogP contribution >= 0.6 is 0 Å². The molecule has 116 valence electrons. The lowest BCUT2D eigenvalue weighted by Crippen LogP contribution is -2.28. The van der Waals surface area contributed by atoms with Crippen molar-refractivity contribution in [2.75, 3.05) is 30.3 Å². The van der Waals surface area contributed by atoms with Crippen LogP contribution in [0.5, 0.6) is 0 Å². The molecule has 1 amide bonds. The minimum atomic E-state index is -0.0744. The van der Waals surface area contributed by atoms with Gasteiger partial charge in [-0.15, -0.1) is 0 Å². The summed E-state index contributed by atoms with van der Waals surface area (Å²) < 4.78 is 0. The summed E-state index contributed by atoms with van der Waals surface area (Å²) in [6, 6.07) is 11.0. The molecule has 0 fully saturated rings. The van der Waals surface area contributed by atoms with Crippen molar-refractivity contribution in [3.63, 3.8) is 0 Å². The first-order valence-electron chi connectivity index (χ1n) is 7.35. The molecule has 0 aliphatic carbocycles. The van der Waals surface area contributed by atoms with Crippen LogP contribution in [0.15, 0.2) is 36.4 Å². The van der Waals surface area contributed by atoms with E-state index in [1.165, 1.54) is 0 Å². The van der Waals surface area contributed by atoms with Gasteiger partial charge in [-0.25, -0.2) is 9.97 Å². The molecule has 1 aromatic carbocycles. The molecule has 1 aromatic heterocycles. The zero-order chi connectivity index (χ0) is 15.8. The molecule has 0 aliphatic heterocycles. The van der Waals surface area contributed by atoms with E-state index in [0.717, 1.165) is 18.2 Å². The van der Waals surface area contributed by atoms with Crippen molar-refractivity contribution in [2.24, 2.45) is 0 Å². The second-order valence-electron chi connectivity index (χ2n) is 4.76. The molecule has 2 aromatic rings. The Balaban J connectivity index is 1.80. The standard InChI is InChI=1S/C16H21N5O/c1-3-17-14-11-15(21-12(2)20-14)18-9-10-19-16(22)13-7-5-4-6-8-13/h4-8,11H,3,9-10H2,1-2H3,(H,19,22)(H2,17,18,20,21). The van der Waals surface area contributed by atoms with Gasteiger partial charge in [-0.2, -0.15) is 0 Å². The van der Waals surface area contributed by atoms with E-state index in [0.29, 0.717) is 24.5 Å². The number of nitrogens with zero attached hydrogens (tertiary/aromatic N) is 2. The number of rotatable bonds is 7. The van der Waals surface area contributed by atoms with Crippen LogP contribution in [-0.2, 0) is 0 Å². The number of carbonyl (C=O) groups is 1. The molecule has 0 atom stereocenters. The van der Waals surface area contributed by atoms with Crippen LogP contribution < -0.4 is 16.0 Å². The summed E-state index contributed by atoms with van der Waals surface area (Å²) in [6.07, 6.45) is 0. The van der Waals surface area contributed by atoms with Crippen LogP contribution in [0.25, 0.3) is 0 Å². The van der Waals surface area contributed by atoms with Crippen molar-refractivity contribution in [1.82, 2.24) is 15.3 Å². The number of aromatic nitrogens is 2. The summed E-state index contributed by atoms with van der Waals surface area (Å²) in [5.41, 5.74) is 0.662. The molecule has 0 bridgehead atoms. The van der Waals surface area contributed by atoms with E-state index in [-0.39, 0.29) is 5.91 Å². The largest absolute Gasteiger partial charge is 0.370 e. The molecule has 0 radical (unpaired) electrons. The fourth-order valence-electron chi connectivity index (χ4n) is 1.99. The smallest absolute Gasteiger partial charge is 0.251 e. The summed E-state index contributed by atoms with van der Waals surface area (Å²) in [5.74, 6) is 2.17. The summed E-state index contributed by atoms with van der Waals surface area (Å²) >= 11 is 0. The molecule has 0 saturated carbocycles. The highest BCUT2D eigenvalue weighted by atomic mass is 16.1. The van der Waals surface area contributed by atoms with Gasteiger partial charge < -0.3 is 16.0 Å². The molecule has 0 spiro atoms. The van der Waals surface area contributed by atoms with Crippen LogP contribution in [-0.4, -0.2) is 35.5 Å². The monoisotopic (exact) mass is 299 g/mol. The van der Waals surface area contributed by atoms with E-state index in [4.69, 9.17) is 0 Å². The Hall–Kier alpha value is -2.63. The maximum Gasteiger partial charge on any atom is 0.251 e. The van der Waals surface area contributed by atoms with Gasteiger partial charge in [-0.05, 0) is 26.0 Å². The number of aryl methyl sites for hydroxylation is 1. The Morgan fingerprint density at radius 1 is 1.05 bits per heavy atom. The minimum Gasteiger partial charge on any atom is -0.370 e. The van der Waals surface area contributed by atoms with Gasteiger partial charge in [0, 0.05) is 31.3 Å². The summed E-state index contributed by atoms with van der Waals surface area (Å²) in [5, 5.41) is 9.21. The summed E-state index contributed by atoms with van der Waals surface area (Å²) in [6.45, 7) is 5.80. The first kappa shape index (κ1) is 15.8. The van der Waals surface area contributed by atoms with Crippen LogP contribution in [0.3, 0.4) is 0 Å². The third kappa shape index (κ3) is 4.73. The lowest BCUT2D eigenvalue weighted by Gasteiger charge is -2.10. The third-order valence-corrected chi connectivity index (χ3v) is 2.95. The van der Waals surface area contributed by atoms with Crippen LogP contribution in [0.1, 0.15) is 23.1 Å². The van der Waals surface area contributed by atoms with Crippen LogP contribution in [0.4, 0.5) is 11.6 Å². The normalized spacial score (nSPS) is 10.1. The highest BCUT2D eigenvalue weighted by Gasteiger charge is 2.04. The molecule has 6 nitrogen and oxygen atoms in total. The molecule has 1 heterocycles. The first-order chi connectivity index (χ1) is 10.7. The van der Waals surface area contributed by atoms with Gasteiger partial charge in [-0.1, -0.05) is 18.2 Å². The van der Waals surface area contributed by atoms with E-state index >= 15 is 0 Å². The van der Waals surface area contributed by atoms with Crippen molar-refractivity contribution in [1.29, 1.82) is 0 Å². The van der Waals surface area contributed by atoms with Crippen LogP contribution in [0, 0.1) is 6.92 Å². The van der Waals surface area contributed by atoms with E-state index in [1.807, 2.05) is 38.1 Å². The molecular formula is C16H21N5O. The number of carbonyl (C=O) groups excluding carboxylic acids is 1. The van der Waals surface area contributed by atoms with E-state index < -0.39 is 0 Å². The highest BCUT2D eigenvalue weighted by molar-refractivity contribution is 5.94. The van der Waals surface area contributed by atoms with Gasteiger partial charge in [-0.3, -0.25) is 4.79 Å². The topological polar surface area (TPSA) is 78.9 Å². The second kappa shape index (κ2) is 7.97. The average Bonchev–Trinajstić information content (AvgIpc) is 2.52. The zero-order valence-electron chi connectivity index (χ0n) is 12.9. The Morgan fingerprint density at radius 3 is 2.41 bits per heavy atom. The number of hydrogen-bond donors (Lipinski definition) is 3. The van der Waals surface area contributed by atoms with E-state index in [2.05, 4.69) is 25.9 Å². The van der Waals surface area contributed by atoms with E-state index in [1.54, 1.807) is 12.1 Å². The molecule has 0 saturated heterocycles. The molecule has 0 aliphatic rings. The maximum atomic E-state index is 11.9. The van der Waals surface area contributed by atoms with Crippen molar-refractivity contribution in [3.05, 3.63) is 47.8 Å². The molecule has 6 heteroatoms. The van der Waals surface area contributed by atoms with Gasteiger partial charge in [0.1, 0.15) is 17.5 Å². The summed E-state index contributed by atoms with van der Waals surface area (Å²) in [4.78, 5) is 20.5. The fraction of sp³-hybridized carbons (Fsp3) is 0.312. The van der Waals surface area contributed by atoms with Gasteiger partial charge in [0.15, 0.2) is 0 Å². The Kier molecular flexibility index (Phi) is 5.71. The number of nitrogens with one attached hydrogen (secondary N) is 3. The number of benzene rings is 1. The number of anilines is 2. The van der Waals surface area contributed by atoms with Gasteiger partial charge in [0.05, 0.1) is 0 Å². The lowest BCUT2D eigenvalue weighted by atomic mass is 10.2. The van der Waals surface area contributed by atoms with Gasteiger partial charge in [0.25, 0.3) is 5.91 Å². The van der Waals surface area contributed by atoms with Gasteiger partial charge >= 0.3 is 0 Å². The lowest BCUT2D eigenvalue weighted by molar-refractivity contribution is 0.0955. The minimum absolute atomic E-state index is 0.0744. The SMILES string of the molecule is CCNc1cc(NCCNC(=O)c2ccccc2)nc(C)n1. The summed E-state index contributed by atoms with van der Waals surface area (Å²) in [7, 11) is 0. The second-order valence-corrected chi connectivity index (χ2v) is 4.76. The Morgan fingerprint density at radius 2 is 1.73 bits per heavy atom. The maximum absolute atomic E-state index is 11.9. The first-order valence-corrected chi connectivity index (χ1v) is 7.35. The Bertz CT molecular complexity index is 615. The predicted octanol–water partition coefficient (Wildman–Crippen LogP) is 2.06. The molecule has 2 rings (SSSR count). The van der Waals surface area contributed by atoms with Gasteiger partial charge in [0.2, 0.25) is 0 Å². The fourth-order valence-corrected chi connectivity index (χ4v) is 1.99. The number of amides is 1. The van der Waals surface area contributed by atoms with Crippen molar-refractivity contribution >= 4 is 17.5 Å². The van der Waals surface area contributed by atoms with Crippen LogP contribution in [0.2, 0.25) is 0 Å². The third-order valence-electron chi connectivity index (χ3n) is 2.95. The highest BCUT2D eigenvalue weighted by Crippen LogP contribution is 2.10. The number of hydrogen-bond acceptors (Lipinski definition) is 5. The molecule has 3 N–H and O–H groups in total. The van der Waals surface area contributed by atoms with E-state index in [9.17, 15) is 4.79 Å². The van der Waals surface area contributed by atoms with Crippen molar-refractivity contribution < 1.29 is 4.79 Å². The zero-order valence-corrected chi connectivity index (χ0v) is 12.9. The van der Waals surface area contributed by atoms with Crippen molar-refractivity contribution in [2.45, 2.75) is 13.8 Å². The van der Waals surface area contributed by atoms with Crippen molar-refractivity contribution in [3.8, 4) is 0 Å². The predicted molar refractivity (Wildman–Crippen MR) is 88.2 cm³/mol. The average molecular weight is 299 g/mol.